The van der Waals surface area contributed by atoms with Crippen molar-refractivity contribution in [1.29, 1.82) is 0 Å². The summed E-state index contributed by atoms with van der Waals surface area (Å²) in [4.78, 5) is 0. The molecule has 1 fully saturated rings. The van der Waals surface area contributed by atoms with Crippen LogP contribution in [0.15, 0.2) is 0 Å². The summed E-state index contributed by atoms with van der Waals surface area (Å²) in [6.07, 6.45) is -2.61. The average Bonchev–Trinajstić information content (AvgIpc) is 2.13. The van der Waals surface area contributed by atoms with Crippen LogP contribution in [0.25, 0.3) is 0 Å². The SMILES string of the molecule is FC(F)(F)OCCOC1CCCNC1. The van der Waals surface area contributed by atoms with Gasteiger partial charge >= 0.3 is 6.36 Å². The maximum Gasteiger partial charge on any atom is 0.522 e. The molecule has 0 aromatic heterocycles. The van der Waals surface area contributed by atoms with Gasteiger partial charge in [-0.2, -0.15) is 0 Å². The maximum absolute atomic E-state index is 11.5. The zero-order chi connectivity index (χ0) is 10.4. The quantitative estimate of drug-likeness (QED) is 0.714. The molecule has 1 heterocycles. The summed E-state index contributed by atoms with van der Waals surface area (Å²) in [6, 6.07) is 0. The molecule has 0 aliphatic carbocycles. The third kappa shape index (κ3) is 5.41. The van der Waals surface area contributed by atoms with Crippen molar-refractivity contribution in [3.8, 4) is 0 Å². The van der Waals surface area contributed by atoms with Crippen LogP contribution in [0.3, 0.4) is 0 Å². The topological polar surface area (TPSA) is 30.5 Å². The number of rotatable bonds is 4. The van der Waals surface area contributed by atoms with Crippen LogP contribution in [0.2, 0.25) is 0 Å². The third-order valence-corrected chi connectivity index (χ3v) is 1.95. The first-order chi connectivity index (χ1) is 6.58. The Bertz CT molecular complexity index is 157. The van der Waals surface area contributed by atoms with Crippen molar-refractivity contribution in [3.63, 3.8) is 0 Å². The van der Waals surface area contributed by atoms with Crippen molar-refractivity contribution in [2.24, 2.45) is 0 Å². The van der Waals surface area contributed by atoms with E-state index < -0.39 is 13.0 Å². The fourth-order valence-electron chi connectivity index (χ4n) is 1.33. The van der Waals surface area contributed by atoms with Crippen LogP contribution < -0.4 is 5.32 Å². The van der Waals surface area contributed by atoms with E-state index >= 15 is 0 Å². The molecule has 0 aromatic rings. The van der Waals surface area contributed by atoms with Crippen molar-refractivity contribution in [2.75, 3.05) is 26.3 Å². The first-order valence-electron chi connectivity index (χ1n) is 4.61. The summed E-state index contributed by atoms with van der Waals surface area (Å²) in [5.74, 6) is 0. The van der Waals surface area contributed by atoms with Crippen LogP contribution >= 0.6 is 0 Å². The van der Waals surface area contributed by atoms with Crippen LogP contribution in [-0.2, 0) is 9.47 Å². The monoisotopic (exact) mass is 213 g/mol. The molecule has 1 rings (SSSR count). The highest BCUT2D eigenvalue weighted by Crippen LogP contribution is 2.15. The van der Waals surface area contributed by atoms with Crippen molar-refractivity contribution >= 4 is 0 Å². The van der Waals surface area contributed by atoms with Gasteiger partial charge in [0.05, 0.1) is 19.3 Å². The highest BCUT2D eigenvalue weighted by atomic mass is 19.4. The number of halogens is 3. The standard InChI is InChI=1S/C8H14F3NO2/c9-8(10,11)14-5-4-13-7-2-1-3-12-6-7/h7,12H,1-6H2. The highest BCUT2D eigenvalue weighted by molar-refractivity contribution is 4.68. The van der Waals surface area contributed by atoms with Gasteiger partial charge in [0.15, 0.2) is 0 Å². The molecule has 14 heavy (non-hydrogen) atoms. The molecule has 1 aliphatic rings. The summed E-state index contributed by atoms with van der Waals surface area (Å²) >= 11 is 0. The van der Waals surface area contributed by atoms with Gasteiger partial charge in [-0.1, -0.05) is 0 Å². The third-order valence-electron chi connectivity index (χ3n) is 1.95. The molecule has 0 bridgehead atoms. The molecule has 0 radical (unpaired) electrons. The van der Waals surface area contributed by atoms with E-state index in [-0.39, 0.29) is 12.7 Å². The van der Waals surface area contributed by atoms with Gasteiger partial charge in [-0.3, -0.25) is 4.74 Å². The number of alkyl halides is 3. The number of hydrogen-bond acceptors (Lipinski definition) is 3. The van der Waals surface area contributed by atoms with Gasteiger partial charge in [0.25, 0.3) is 0 Å². The maximum atomic E-state index is 11.5. The second kappa shape index (κ2) is 5.53. The van der Waals surface area contributed by atoms with E-state index in [1.54, 1.807) is 0 Å². The lowest BCUT2D eigenvalue weighted by atomic mass is 10.1. The molecule has 84 valence electrons. The van der Waals surface area contributed by atoms with Gasteiger partial charge in [0.2, 0.25) is 0 Å². The Balaban J connectivity index is 1.97. The smallest absolute Gasteiger partial charge is 0.375 e. The summed E-state index contributed by atoms with van der Waals surface area (Å²) in [7, 11) is 0. The fourth-order valence-corrected chi connectivity index (χ4v) is 1.33. The lowest BCUT2D eigenvalue weighted by molar-refractivity contribution is -0.327. The normalized spacial score (nSPS) is 23.8. The van der Waals surface area contributed by atoms with Crippen molar-refractivity contribution in [2.45, 2.75) is 25.3 Å². The van der Waals surface area contributed by atoms with Crippen LogP contribution in [0.4, 0.5) is 13.2 Å². The second-order valence-electron chi connectivity index (χ2n) is 3.13. The number of piperidine rings is 1. The molecule has 1 saturated heterocycles. The van der Waals surface area contributed by atoms with Crippen molar-refractivity contribution < 1.29 is 22.6 Å². The molecule has 0 spiro atoms. The molecule has 1 atom stereocenters. The molecular weight excluding hydrogens is 199 g/mol. The molecule has 0 aromatic carbocycles. The molecule has 1 aliphatic heterocycles. The first-order valence-corrected chi connectivity index (χ1v) is 4.61. The minimum atomic E-state index is -4.55. The van der Waals surface area contributed by atoms with E-state index in [1.807, 2.05) is 0 Å². The summed E-state index contributed by atoms with van der Waals surface area (Å²) < 4.78 is 43.4. The minimum absolute atomic E-state index is 0.00808. The molecular formula is C8H14F3NO2. The van der Waals surface area contributed by atoms with E-state index in [2.05, 4.69) is 10.1 Å². The number of hydrogen-bond donors (Lipinski definition) is 1. The van der Waals surface area contributed by atoms with Gasteiger partial charge in [-0.05, 0) is 19.4 Å². The van der Waals surface area contributed by atoms with Gasteiger partial charge in [0, 0.05) is 6.54 Å². The van der Waals surface area contributed by atoms with Gasteiger partial charge in [0.1, 0.15) is 0 Å². The predicted octanol–water partition coefficient (Wildman–Crippen LogP) is 1.29. The van der Waals surface area contributed by atoms with Gasteiger partial charge < -0.3 is 10.1 Å². The van der Waals surface area contributed by atoms with Gasteiger partial charge in [-0.15, -0.1) is 13.2 Å². The molecule has 3 nitrogen and oxygen atoms in total. The van der Waals surface area contributed by atoms with Gasteiger partial charge in [-0.25, -0.2) is 0 Å². The Morgan fingerprint density at radius 3 is 2.64 bits per heavy atom. The van der Waals surface area contributed by atoms with Crippen LogP contribution in [-0.4, -0.2) is 38.8 Å². The Hall–Kier alpha value is -0.330. The summed E-state index contributed by atoms with van der Waals surface area (Å²) in [6.45, 7) is 1.23. The fraction of sp³-hybridized carbons (Fsp3) is 1.00. The molecule has 0 saturated carbocycles. The van der Waals surface area contributed by atoms with Crippen molar-refractivity contribution in [3.05, 3.63) is 0 Å². The zero-order valence-corrected chi connectivity index (χ0v) is 7.77. The lowest BCUT2D eigenvalue weighted by Crippen LogP contribution is -2.36. The zero-order valence-electron chi connectivity index (χ0n) is 7.77. The Morgan fingerprint density at radius 2 is 2.07 bits per heavy atom. The van der Waals surface area contributed by atoms with E-state index in [4.69, 9.17) is 4.74 Å². The molecule has 0 amide bonds. The Kier molecular flexibility index (Phi) is 4.64. The predicted molar refractivity (Wildman–Crippen MR) is 43.9 cm³/mol. The first kappa shape index (κ1) is 11.7. The van der Waals surface area contributed by atoms with Crippen LogP contribution in [0.1, 0.15) is 12.8 Å². The Morgan fingerprint density at radius 1 is 1.29 bits per heavy atom. The minimum Gasteiger partial charge on any atom is -0.375 e. The largest absolute Gasteiger partial charge is 0.522 e. The lowest BCUT2D eigenvalue weighted by Gasteiger charge is -2.23. The van der Waals surface area contributed by atoms with Crippen LogP contribution in [0, 0.1) is 0 Å². The van der Waals surface area contributed by atoms with Crippen molar-refractivity contribution in [1.82, 2.24) is 5.32 Å². The Labute approximate surface area is 80.6 Å². The molecule has 6 heteroatoms. The molecule has 1 N–H and O–H groups in total. The van der Waals surface area contributed by atoms with Crippen LogP contribution in [0.5, 0.6) is 0 Å². The number of nitrogens with one attached hydrogen (secondary N) is 1. The van der Waals surface area contributed by atoms with E-state index in [0.29, 0.717) is 6.54 Å². The van der Waals surface area contributed by atoms with E-state index in [1.165, 1.54) is 0 Å². The summed E-state index contributed by atoms with van der Waals surface area (Å²) in [5, 5.41) is 3.10. The van der Waals surface area contributed by atoms with E-state index in [0.717, 1.165) is 19.4 Å². The second-order valence-corrected chi connectivity index (χ2v) is 3.13. The average molecular weight is 213 g/mol. The van der Waals surface area contributed by atoms with E-state index in [9.17, 15) is 13.2 Å². The summed E-state index contributed by atoms with van der Waals surface area (Å²) in [5.41, 5.74) is 0. The molecule has 1 unspecified atom stereocenters. The highest BCUT2D eigenvalue weighted by Gasteiger charge is 2.28. The number of ether oxygens (including phenoxy) is 2.